The minimum atomic E-state index is 0.0908. The molecular formula is C10H17N5O. The second-order valence-electron chi connectivity index (χ2n) is 4.57. The molecule has 2 rings (SSSR count). The molecule has 2 fully saturated rings. The second kappa shape index (κ2) is 3.62. The predicted molar refractivity (Wildman–Crippen MR) is 60.4 cm³/mol. The Balaban J connectivity index is 1.91. The number of likely N-dealkylation sites (tertiary alicyclic amines) is 1. The maximum Gasteiger partial charge on any atom is 0.220 e. The number of hydrogen-bond donors (Lipinski definition) is 4. The maximum absolute atomic E-state index is 11.1. The van der Waals surface area contributed by atoms with E-state index in [2.05, 4.69) is 5.32 Å². The standard InChI is InChI=1S/C10H17N5O/c11-7(12)1-2-8(13)15-5-10(6-15)3-9(16)14-4-10/h1-2H,3-6,11-13H2,(H,14,16)/b8-2+. The van der Waals surface area contributed by atoms with Crippen LogP contribution in [0.4, 0.5) is 0 Å². The van der Waals surface area contributed by atoms with E-state index in [1.165, 1.54) is 0 Å². The van der Waals surface area contributed by atoms with E-state index in [0.29, 0.717) is 12.2 Å². The van der Waals surface area contributed by atoms with Gasteiger partial charge < -0.3 is 27.4 Å². The Hall–Kier alpha value is -1.85. The molecule has 2 saturated heterocycles. The molecule has 2 heterocycles. The van der Waals surface area contributed by atoms with Crippen molar-refractivity contribution in [2.24, 2.45) is 22.6 Å². The van der Waals surface area contributed by atoms with Crippen molar-refractivity contribution in [3.05, 3.63) is 23.8 Å². The van der Waals surface area contributed by atoms with Crippen molar-refractivity contribution >= 4 is 5.91 Å². The van der Waals surface area contributed by atoms with Gasteiger partial charge in [0, 0.05) is 31.5 Å². The number of rotatable bonds is 2. The van der Waals surface area contributed by atoms with E-state index in [0.717, 1.165) is 19.6 Å². The number of hydrogen-bond acceptors (Lipinski definition) is 5. The zero-order chi connectivity index (χ0) is 11.8. The highest BCUT2D eigenvalue weighted by Crippen LogP contribution is 2.37. The molecule has 0 aromatic carbocycles. The van der Waals surface area contributed by atoms with Crippen molar-refractivity contribution in [1.29, 1.82) is 0 Å². The van der Waals surface area contributed by atoms with E-state index < -0.39 is 0 Å². The third-order valence-corrected chi connectivity index (χ3v) is 3.06. The highest BCUT2D eigenvalue weighted by atomic mass is 16.1. The van der Waals surface area contributed by atoms with E-state index in [1.807, 2.05) is 4.90 Å². The van der Waals surface area contributed by atoms with Crippen molar-refractivity contribution in [3.8, 4) is 0 Å². The third kappa shape index (κ3) is 1.91. The van der Waals surface area contributed by atoms with Crippen LogP contribution in [0.15, 0.2) is 23.8 Å². The lowest BCUT2D eigenvalue weighted by Gasteiger charge is -2.48. The van der Waals surface area contributed by atoms with Crippen LogP contribution in [-0.4, -0.2) is 30.4 Å². The molecule has 0 radical (unpaired) electrons. The molecule has 1 amide bonds. The normalized spacial score (nSPS) is 22.9. The smallest absolute Gasteiger partial charge is 0.220 e. The van der Waals surface area contributed by atoms with Gasteiger partial charge in [-0.1, -0.05) is 0 Å². The van der Waals surface area contributed by atoms with Crippen molar-refractivity contribution in [3.63, 3.8) is 0 Å². The summed E-state index contributed by atoms with van der Waals surface area (Å²) in [7, 11) is 0. The lowest BCUT2D eigenvalue weighted by molar-refractivity contribution is -0.120. The zero-order valence-electron chi connectivity index (χ0n) is 9.07. The average molecular weight is 223 g/mol. The molecule has 16 heavy (non-hydrogen) atoms. The molecule has 7 N–H and O–H groups in total. The number of nitrogens with zero attached hydrogens (tertiary/aromatic N) is 1. The largest absolute Gasteiger partial charge is 0.386 e. The van der Waals surface area contributed by atoms with Gasteiger partial charge in [-0.05, 0) is 12.2 Å². The second-order valence-corrected chi connectivity index (χ2v) is 4.57. The van der Waals surface area contributed by atoms with Gasteiger partial charge in [-0.2, -0.15) is 0 Å². The first kappa shape index (κ1) is 10.7. The van der Waals surface area contributed by atoms with Crippen molar-refractivity contribution < 1.29 is 4.79 Å². The first-order valence-electron chi connectivity index (χ1n) is 5.21. The fourth-order valence-corrected chi connectivity index (χ4v) is 2.21. The Morgan fingerprint density at radius 3 is 2.50 bits per heavy atom. The van der Waals surface area contributed by atoms with Gasteiger partial charge in [0.15, 0.2) is 0 Å². The number of allylic oxidation sites excluding steroid dienone is 2. The Bertz CT molecular complexity index is 363. The Morgan fingerprint density at radius 2 is 2.00 bits per heavy atom. The van der Waals surface area contributed by atoms with Gasteiger partial charge in [0.05, 0.1) is 11.6 Å². The Labute approximate surface area is 94.1 Å². The summed E-state index contributed by atoms with van der Waals surface area (Å²) in [6.07, 6.45) is 3.86. The minimum absolute atomic E-state index is 0.0908. The molecule has 2 aliphatic heterocycles. The number of carbonyl (C=O) groups excluding carboxylic acids is 1. The third-order valence-electron chi connectivity index (χ3n) is 3.06. The van der Waals surface area contributed by atoms with Crippen LogP contribution in [0.25, 0.3) is 0 Å². The van der Waals surface area contributed by atoms with Crippen LogP contribution in [0.5, 0.6) is 0 Å². The van der Waals surface area contributed by atoms with E-state index in [9.17, 15) is 4.79 Å². The number of amides is 1. The fourth-order valence-electron chi connectivity index (χ4n) is 2.21. The monoisotopic (exact) mass is 223 g/mol. The molecule has 0 aromatic heterocycles. The van der Waals surface area contributed by atoms with Gasteiger partial charge in [0.25, 0.3) is 0 Å². The summed E-state index contributed by atoms with van der Waals surface area (Å²) in [5.74, 6) is 1.00. The summed E-state index contributed by atoms with van der Waals surface area (Å²) in [6.45, 7) is 2.38. The van der Waals surface area contributed by atoms with Crippen LogP contribution in [-0.2, 0) is 4.79 Å². The molecule has 2 aliphatic rings. The van der Waals surface area contributed by atoms with Gasteiger partial charge in [-0.15, -0.1) is 0 Å². The molecule has 0 aromatic rings. The summed E-state index contributed by atoms with van der Waals surface area (Å²) in [5, 5.41) is 2.84. The molecule has 0 saturated carbocycles. The molecule has 88 valence electrons. The first-order valence-corrected chi connectivity index (χ1v) is 5.21. The van der Waals surface area contributed by atoms with E-state index in [-0.39, 0.29) is 17.1 Å². The first-order chi connectivity index (χ1) is 7.51. The van der Waals surface area contributed by atoms with Crippen LogP contribution in [0.2, 0.25) is 0 Å². The van der Waals surface area contributed by atoms with Crippen LogP contribution >= 0.6 is 0 Å². The van der Waals surface area contributed by atoms with E-state index >= 15 is 0 Å². The lowest BCUT2D eigenvalue weighted by Crippen LogP contribution is -2.57. The van der Waals surface area contributed by atoms with Crippen molar-refractivity contribution in [1.82, 2.24) is 10.2 Å². The Morgan fingerprint density at radius 1 is 1.31 bits per heavy atom. The van der Waals surface area contributed by atoms with Crippen LogP contribution in [0.1, 0.15) is 6.42 Å². The molecule has 0 unspecified atom stereocenters. The highest BCUT2D eigenvalue weighted by molar-refractivity contribution is 5.79. The van der Waals surface area contributed by atoms with Crippen molar-refractivity contribution in [2.45, 2.75) is 6.42 Å². The zero-order valence-corrected chi connectivity index (χ0v) is 9.07. The quantitative estimate of drug-likeness (QED) is 0.420. The number of nitrogens with two attached hydrogens (primary N) is 3. The molecule has 0 aliphatic carbocycles. The molecular weight excluding hydrogens is 206 g/mol. The molecule has 0 atom stereocenters. The van der Waals surface area contributed by atoms with Gasteiger partial charge in [0.1, 0.15) is 0 Å². The van der Waals surface area contributed by atoms with E-state index in [1.54, 1.807) is 12.2 Å². The molecule has 0 bridgehead atoms. The number of carbonyl (C=O) groups is 1. The average Bonchev–Trinajstić information content (AvgIpc) is 2.54. The topological polar surface area (TPSA) is 110 Å². The Kier molecular flexibility index (Phi) is 2.41. The van der Waals surface area contributed by atoms with Crippen LogP contribution in [0.3, 0.4) is 0 Å². The van der Waals surface area contributed by atoms with Crippen LogP contribution in [0, 0.1) is 5.41 Å². The molecule has 6 heteroatoms. The van der Waals surface area contributed by atoms with Gasteiger partial charge >= 0.3 is 0 Å². The lowest BCUT2D eigenvalue weighted by atomic mass is 9.79. The summed E-state index contributed by atoms with van der Waals surface area (Å²) in [6, 6.07) is 0. The van der Waals surface area contributed by atoms with Gasteiger partial charge in [-0.3, -0.25) is 4.79 Å². The van der Waals surface area contributed by atoms with E-state index in [4.69, 9.17) is 17.2 Å². The minimum Gasteiger partial charge on any atom is -0.386 e. The molecule has 6 nitrogen and oxygen atoms in total. The summed E-state index contributed by atoms with van der Waals surface area (Å²) >= 11 is 0. The van der Waals surface area contributed by atoms with Gasteiger partial charge in [0.2, 0.25) is 5.91 Å². The SMILES string of the molecule is NC(N)=C/C=C(\N)N1CC2(CNC(=O)C2)C1. The number of nitrogens with one attached hydrogen (secondary N) is 1. The molecule has 1 spiro atoms. The summed E-state index contributed by atoms with van der Waals surface area (Å²) < 4.78 is 0. The highest BCUT2D eigenvalue weighted by Gasteiger charge is 2.48. The van der Waals surface area contributed by atoms with Crippen LogP contribution < -0.4 is 22.5 Å². The van der Waals surface area contributed by atoms with Crippen molar-refractivity contribution in [2.75, 3.05) is 19.6 Å². The summed E-state index contributed by atoms with van der Waals surface area (Å²) in [5.41, 5.74) is 16.5. The maximum atomic E-state index is 11.1. The summed E-state index contributed by atoms with van der Waals surface area (Å²) in [4.78, 5) is 13.1. The predicted octanol–water partition coefficient (Wildman–Crippen LogP) is -1.63. The fraction of sp³-hybridized carbons (Fsp3) is 0.500. The van der Waals surface area contributed by atoms with Gasteiger partial charge in [-0.25, -0.2) is 0 Å².